The summed E-state index contributed by atoms with van der Waals surface area (Å²) >= 11 is 0. The van der Waals surface area contributed by atoms with Crippen molar-refractivity contribution in [2.45, 2.75) is 39.0 Å². The summed E-state index contributed by atoms with van der Waals surface area (Å²) in [5, 5.41) is 0. The Labute approximate surface area is 93.3 Å². The van der Waals surface area contributed by atoms with Crippen LogP contribution in [0.3, 0.4) is 0 Å². The van der Waals surface area contributed by atoms with Gasteiger partial charge in [0.05, 0.1) is 0 Å². The van der Waals surface area contributed by atoms with Crippen LogP contribution >= 0.6 is 0 Å². The Morgan fingerprint density at radius 2 is 1.87 bits per heavy atom. The van der Waals surface area contributed by atoms with E-state index in [9.17, 15) is 0 Å². The van der Waals surface area contributed by atoms with Gasteiger partial charge in [0, 0.05) is 0 Å². The van der Waals surface area contributed by atoms with E-state index in [2.05, 4.69) is 43.5 Å². The van der Waals surface area contributed by atoms with Crippen molar-refractivity contribution in [3.63, 3.8) is 0 Å². The Morgan fingerprint density at radius 1 is 1.13 bits per heavy atom. The monoisotopic (exact) mass is 200 g/mol. The molecular formula is C15H20. The highest BCUT2D eigenvalue weighted by atomic mass is 14.0. The molecule has 0 heterocycles. The summed E-state index contributed by atoms with van der Waals surface area (Å²) in [4.78, 5) is 0. The minimum Gasteiger partial charge on any atom is -0.128 e. The zero-order chi connectivity index (χ0) is 10.9. The minimum atomic E-state index is 1.18. The van der Waals surface area contributed by atoms with Crippen LogP contribution in [-0.2, 0) is 6.42 Å². The van der Waals surface area contributed by atoms with Crippen LogP contribution in [0.1, 0.15) is 43.7 Å². The van der Waals surface area contributed by atoms with Crippen molar-refractivity contribution in [3.05, 3.63) is 47.7 Å². The van der Waals surface area contributed by atoms with Crippen molar-refractivity contribution < 1.29 is 0 Å². The quantitative estimate of drug-likeness (QED) is 0.465. The molecule has 0 spiro atoms. The average molecular weight is 200 g/mol. The fourth-order valence-corrected chi connectivity index (χ4v) is 1.65. The normalized spacial score (nSPS) is 9.67. The smallest absolute Gasteiger partial charge is 0.0133 e. The number of hydrogen-bond donors (Lipinski definition) is 0. The van der Waals surface area contributed by atoms with Gasteiger partial charge in [0.2, 0.25) is 0 Å². The summed E-state index contributed by atoms with van der Waals surface area (Å²) in [6.45, 7) is 5.81. The van der Waals surface area contributed by atoms with Crippen molar-refractivity contribution in [3.8, 4) is 0 Å². The Morgan fingerprint density at radius 3 is 2.47 bits per heavy atom. The molecule has 80 valence electrons. The zero-order valence-corrected chi connectivity index (χ0v) is 9.63. The van der Waals surface area contributed by atoms with Crippen molar-refractivity contribution in [2.24, 2.45) is 0 Å². The molecular weight excluding hydrogens is 180 g/mol. The van der Waals surface area contributed by atoms with Gasteiger partial charge in [-0.2, -0.15) is 0 Å². The highest BCUT2D eigenvalue weighted by Crippen LogP contribution is 2.10. The molecule has 15 heavy (non-hydrogen) atoms. The molecule has 0 aliphatic heterocycles. The van der Waals surface area contributed by atoms with Crippen molar-refractivity contribution in [1.82, 2.24) is 0 Å². The van der Waals surface area contributed by atoms with Gasteiger partial charge < -0.3 is 0 Å². The lowest BCUT2D eigenvalue weighted by molar-refractivity contribution is 0.667. The van der Waals surface area contributed by atoms with Crippen molar-refractivity contribution in [1.29, 1.82) is 0 Å². The van der Waals surface area contributed by atoms with E-state index >= 15 is 0 Å². The average Bonchev–Trinajstić information content (AvgIpc) is 2.27. The van der Waals surface area contributed by atoms with Gasteiger partial charge in [-0.15, -0.1) is 5.73 Å². The van der Waals surface area contributed by atoms with Crippen molar-refractivity contribution >= 4 is 6.08 Å². The number of aryl methyl sites for hydroxylation is 1. The predicted octanol–water partition coefficient (Wildman–Crippen LogP) is 4.61. The molecule has 1 aromatic carbocycles. The van der Waals surface area contributed by atoms with Gasteiger partial charge in [-0.25, -0.2) is 0 Å². The molecule has 0 amide bonds. The van der Waals surface area contributed by atoms with E-state index < -0.39 is 0 Å². The Hall–Kier alpha value is -1.26. The first kappa shape index (κ1) is 11.8. The third-order valence-electron chi connectivity index (χ3n) is 2.57. The predicted molar refractivity (Wildman–Crippen MR) is 67.9 cm³/mol. The molecule has 0 N–H and O–H groups in total. The van der Waals surface area contributed by atoms with Crippen LogP contribution in [0, 0.1) is 0 Å². The molecule has 0 saturated carbocycles. The maximum atomic E-state index is 3.57. The van der Waals surface area contributed by atoms with Gasteiger partial charge in [-0.1, -0.05) is 57.0 Å². The van der Waals surface area contributed by atoms with Gasteiger partial charge in [0.15, 0.2) is 0 Å². The molecule has 1 rings (SSSR count). The molecule has 0 aromatic heterocycles. The molecule has 0 radical (unpaired) electrons. The highest BCUT2D eigenvalue weighted by molar-refractivity contribution is 5.48. The first-order valence-electron chi connectivity index (χ1n) is 5.81. The second-order valence-corrected chi connectivity index (χ2v) is 3.90. The number of benzene rings is 1. The Kier molecular flexibility index (Phi) is 5.58. The molecule has 0 saturated heterocycles. The standard InChI is InChI=1S/C15H20/c1-3-5-6-7-9-15-12-10-14(8-4-2)11-13-15/h8,10-13H,2-3,5-7,9H2,1H3. The third kappa shape index (κ3) is 4.67. The van der Waals surface area contributed by atoms with E-state index in [0.717, 1.165) is 0 Å². The molecule has 0 heteroatoms. The Bertz CT molecular complexity index is 312. The van der Waals surface area contributed by atoms with E-state index in [1.807, 2.05) is 6.08 Å². The second-order valence-electron chi connectivity index (χ2n) is 3.90. The summed E-state index contributed by atoms with van der Waals surface area (Å²) in [6.07, 6.45) is 8.44. The number of unbranched alkanes of at least 4 members (excludes halogenated alkanes) is 3. The topological polar surface area (TPSA) is 0 Å². The molecule has 1 aromatic rings. The van der Waals surface area contributed by atoms with E-state index in [4.69, 9.17) is 0 Å². The fraction of sp³-hybridized carbons (Fsp3) is 0.400. The summed E-state index contributed by atoms with van der Waals surface area (Å²) < 4.78 is 0. The molecule has 0 aliphatic rings. The van der Waals surface area contributed by atoms with Crippen molar-refractivity contribution in [2.75, 3.05) is 0 Å². The van der Waals surface area contributed by atoms with E-state index in [1.54, 1.807) is 0 Å². The summed E-state index contributed by atoms with van der Waals surface area (Å²) in [7, 11) is 0. The van der Waals surface area contributed by atoms with Crippen LogP contribution in [-0.4, -0.2) is 0 Å². The van der Waals surface area contributed by atoms with E-state index in [1.165, 1.54) is 43.2 Å². The van der Waals surface area contributed by atoms with Gasteiger partial charge >= 0.3 is 0 Å². The summed E-state index contributed by atoms with van der Waals surface area (Å²) in [6, 6.07) is 8.67. The van der Waals surface area contributed by atoms with Crippen LogP contribution in [0.25, 0.3) is 6.08 Å². The molecule has 0 atom stereocenters. The molecule has 0 fully saturated rings. The fourth-order valence-electron chi connectivity index (χ4n) is 1.65. The largest absolute Gasteiger partial charge is 0.128 e. The number of hydrogen-bond acceptors (Lipinski definition) is 0. The SMILES string of the molecule is C=C=Cc1ccc(CCCCCC)cc1. The first-order chi connectivity index (χ1) is 7.36. The van der Waals surface area contributed by atoms with Crippen LogP contribution < -0.4 is 0 Å². The van der Waals surface area contributed by atoms with E-state index in [-0.39, 0.29) is 0 Å². The van der Waals surface area contributed by atoms with Gasteiger partial charge in [-0.3, -0.25) is 0 Å². The van der Waals surface area contributed by atoms with Crippen LogP contribution in [0.15, 0.2) is 36.6 Å². The second kappa shape index (κ2) is 7.09. The number of rotatable bonds is 6. The van der Waals surface area contributed by atoms with Gasteiger partial charge in [-0.05, 0) is 30.0 Å². The zero-order valence-electron chi connectivity index (χ0n) is 9.63. The lowest BCUT2D eigenvalue weighted by atomic mass is 10.0. The molecule has 0 bridgehead atoms. The minimum absolute atomic E-state index is 1.18. The third-order valence-corrected chi connectivity index (χ3v) is 2.57. The van der Waals surface area contributed by atoms with Crippen LogP contribution in [0.2, 0.25) is 0 Å². The van der Waals surface area contributed by atoms with E-state index in [0.29, 0.717) is 0 Å². The van der Waals surface area contributed by atoms with Crippen LogP contribution in [0.5, 0.6) is 0 Å². The molecule has 0 unspecified atom stereocenters. The van der Waals surface area contributed by atoms with Gasteiger partial charge in [0.25, 0.3) is 0 Å². The maximum Gasteiger partial charge on any atom is -0.0133 e. The Balaban J connectivity index is 2.39. The van der Waals surface area contributed by atoms with Gasteiger partial charge in [0.1, 0.15) is 0 Å². The lowest BCUT2D eigenvalue weighted by Gasteiger charge is -2.01. The highest BCUT2D eigenvalue weighted by Gasteiger charge is 1.93. The maximum absolute atomic E-state index is 3.57. The first-order valence-corrected chi connectivity index (χ1v) is 5.81. The summed E-state index contributed by atoms with van der Waals surface area (Å²) in [5.41, 5.74) is 5.41. The summed E-state index contributed by atoms with van der Waals surface area (Å²) in [5.74, 6) is 0. The molecule has 0 aliphatic carbocycles. The molecule has 0 nitrogen and oxygen atoms in total. The van der Waals surface area contributed by atoms with Crippen LogP contribution in [0.4, 0.5) is 0 Å². The lowest BCUT2D eigenvalue weighted by Crippen LogP contribution is -1.85.